The summed E-state index contributed by atoms with van der Waals surface area (Å²) >= 11 is 0. The second kappa shape index (κ2) is 7.57. The first-order valence-corrected chi connectivity index (χ1v) is 8.69. The first-order chi connectivity index (χ1) is 11.6. The Bertz CT molecular complexity index is 588. The van der Waals surface area contributed by atoms with Crippen LogP contribution in [-0.2, 0) is 11.2 Å². The largest absolute Gasteiger partial charge is 0.391 e. The summed E-state index contributed by atoms with van der Waals surface area (Å²) in [5.41, 5.74) is 0.246. The van der Waals surface area contributed by atoms with E-state index in [1.165, 1.54) is 12.1 Å². The molecule has 1 aromatic carbocycles. The van der Waals surface area contributed by atoms with Crippen molar-refractivity contribution >= 4 is 5.91 Å². The predicted molar refractivity (Wildman–Crippen MR) is 86.5 cm³/mol. The molecule has 2 atom stereocenters. The Morgan fingerprint density at radius 1 is 1.17 bits per heavy atom. The molecule has 1 heterocycles. The van der Waals surface area contributed by atoms with Gasteiger partial charge in [0.15, 0.2) is 11.6 Å². The molecule has 0 aromatic heterocycles. The van der Waals surface area contributed by atoms with Gasteiger partial charge in [-0.25, -0.2) is 8.78 Å². The van der Waals surface area contributed by atoms with E-state index in [0.717, 1.165) is 38.4 Å². The maximum absolute atomic E-state index is 13.6. The molecule has 0 radical (unpaired) electrons. The highest BCUT2D eigenvalue weighted by Gasteiger charge is 2.33. The first-order valence-electron chi connectivity index (χ1n) is 8.69. The van der Waals surface area contributed by atoms with Gasteiger partial charge in [0.05, 0.1) is 6.10 Å². The molecule has 2 fully saturated rings. The molecule has 0 bridgehead atoms. The van der Waals surface area contributed by atoms with Gasteiger partial charge >= 0.3 is 0 Å². The number of benzene rings is 1. The smallest absolute Gasteiger partial charge is 0.222 e. The van der Waals surface area contributed by atoms with Crippen LogP contribution in [0.2, 0.25) is 0 Å². The van der Waals surface area contributed by atoms with Gasteiger partial charge in [-0.15, -0.1) is 0 Å². The lowest BCUT2D eigenvalue weighted by molar-refractivity contribution is -0.133. The Labute approximate surface area is 141 Å². The quantitative estimate of drug-likeness (QED) is 0.913. The highest BCUT2D eigenvalue weighted by atomic mass is 19.2. The molecule has 3 rings (SSSR count). The van der Waals surface area contributed by atoms with Crippen LogP contribution in [0.5, 0.6) is 0 Å². The number of aliphatic hydroxyl groups excluding tert-OH is 1. The van der Waals surface area contributed by atoms with Crippen LogP contribution in [0.1, 0.15) is 31.2 Å². The zero-order valence-corrected chi connectivity index (χ0v) is 13.8. The van der Waals surface area contributed by atoms with Gasteiger partial charge in [-0.1, -0.05) is 12.1 Å². The standard InChI is InChI=1S/C18H24F2N2O2/c19-14-4-1-3-13(18(14)20)7-8-17(24)22-11-9-21(10-12-22)15-5-2-6-16(15)23/h1,3-4,15-16,23H,2,5-12H2/t15-,16+/m1/s1. The van der Waals surface area contributed by atoms with Crippen molar-refractivity contribution in [3.63, 3.8) is 0 Å². The number of halogens is 2. The van der Waals surface area contributed by atoms with Gasteiger partial charge in [-0.05, 0) is 37.3 Å². The fourth-order valence-electron chi connectivity index (χ4n) is 3.79. The number of hydrogen-bond acceptors (Lipinski definition) is 3. The molecular weight excluding hydrogens is 314 g/mol. The first kappa shape index (κ1) is 17.3. The Balaban J connectivity index is 1.48. The number of piperazine rings is 1. The summed E-state index contributed by atoms with van der Waals surface area (Å²) in [5, 5.41) is 9.99. The SMILES string of the molecule is O=C(CCc1cccc(F)c1F)N1CCN([C@@H]2CCC[C@@H]2O)CC1. The zero-order chi connectivity index (χ0) is 17.1. The second-order valence-electron chi connectivity index (χ2n) is 6.70. The van der Waals surface area contributed by atoms with Gasteiger partial charge in [0.1, 0.15) is 0 Å². The normalized spacial score (nSPS) is 25.2. The summed E-state index contributed by atoms with van der Waals surface area (Å²) < 4.78 is 26.8. The van der Waals surface area contributed by atoms with Gasteiger partial charge in [-0.2, -0.15) is 0 Å². The van der Waals surface area contributed by atoms with E-state index in [-0.39, 0.29) is 36.5 Å². The number of aryl methyl sites for hydroxylation is 1. The average molecular weight is 338 g/mol. The van der Waals surface area contributed by atoms with Crippen molar-refractivity contribution in [2.45, 2.75) is 44.2 Å². The highest BCUT2D eigenvalue weighted by molar-refractivity contribution is 5.76. The maximum atomic E-state index is 13.6. The molecule has 1 aliphatic carbocycles. The fraction of sp³-hybridized carbons (Fsp3) is 0.611. The molecule has 0 spiro atoms. The summed E-state index contributed by atoms with van der Waals surface area (Å²) in [7, 11) is 0. The number of amides is 1. The minimum Gasteiger partial charge on any atom is -0.391 e. The van der Waals surface area contributed by atoms with Gasteiger partial charge in [0.2, 0.25) is 5.91 Å². The third-order valence-electron chi connectivity index (χ3n) is 5.22. The molecule has 1 saturated heterocycles. The van der Waals surface area contributed by atoms with Crippen molar-refractivity contribution in [3.05, 3.63) is 35.4 Å². The van der Waals surface area contributed by atoms with Crippen molar-refractivity contribution in [1.29, 1.82) is 0 Å². The number of carbonyl (C=O) groups is 1. The second-order valence-corrected chi connectivity index (χ2v) is 6.70. The van der Waals surface area contributed by atoms with Gasteiger partial charge in [0, 0.05) is 38.6 Å². The summed E-state index contributed by atoms with van der Waals surface area (Å²) in [5.74, 6) is -1.75. The Morgan fingerprint density at radius 3 is 2.58 bits per heavy atom. The molecule has 1 amide bonds. The Hall–Kier alpha value is -1.53. The topological polar surface area (TPSA) is 43.8 Å². The van der Waals surface area contributed by atoms with E-state index in [9.17, 15) is 18.7 Å². The van der Waals surface area contributed by atoms with Gasteiger partial charge < -0.3 is 10.0 Å². The van der Waals surface area contributed by atoms with Crippen LogP contribution in [0.4, 0.5) is 8.78 Å². The van der Waals surface area contributed by atoms with Crippen LogP contribution in [0.15, 0.2) is 18.2 Å². The molecule has 1 aliphatic heterocycles. The van der Waals surface area contributed by atoms with Gasteiger partial charge in [-0.3, -0.25) is 9.69 Å². The average Bonchev–Trinajstić information content (AvgIpc) is 3.02. The van der Waals surface area contributed by atoms with E-state index in [0.29, 0.717) is 13.1 Å². The van der Waals surface area contributed by atoms with Crippen LogP contribution in [0.3, 0.4) is 0 Å². The van der Waals surface area contributed by atoms with Crippen molar-refractivity contribution in [2.75, 3.05) is 26.2 Å². The lowest BCUT2D eigenvalue weighted by atomic mass is 10.1. The van der Waals surface area contributed by atoms with Crippen molar-refractivity contribution in [1.82, 2.24) is 9.80 Å². The Kier molecular flexibility index (Phi) is 5.46. The molecule has 132 valence electrons. The summed E-state index contributed by atoms with van der Waals surface area (Å²) in [6, 6.07) is 4.29. The van der Waals surface area contributed by atoms with Crippen molar-refractivity contribution < 1.29 is 18.7 Å². The van der Waals surface area contributed by atoms with E-state index >= 15 is 0 Å². The molecule has 6 heteroatoms. The number of rotatable bonds is 4. The summed E-state index contributed by atoms with van der Waals surface area (Å²) in [4.78, 5) is 16.4. The molecule has 24 heavy (non-hydrogen) atoms. The van der Waals surface area contributed by atoms with Crippen LogP contribution in [0, 0.1) is 11.6 Å². The molecule has 0 unspecified atom stereocenters. The predicted octanol–water partition coefficient (Wildman–Crippen LogP) is 1.95. The number of carbonyl (C=O) groups excluding carboxylic acids is 1. The molecule has 4 nitrogen and oxygen atoms in total. The fourth-order valence-corrected chi connectivity index (χ4v) is 3.79. The lowest BCUT2D eigenvalue weighted by Gasteiger charge is -2.39. The number of aliphatic hydroxyl groups is 1. The van der Waals surface area contributed by atoms with Crippen LogP contribution in [0.25, 0.3) is 0 Å². The third-order valence-corrected chi connectivity index (χ3v) is 5.22. The lowest BCUT2D eigenvalue weighted by Crippen LogP contribution is -2.53. The zero-order valence-electron chi connectivity index (χ0n) is 13.8. The maximum Gasteiger partial charge on any atom is 0.222 e. The van der Waals surface area contributed by atoms with E-state index in [2.05, 4.69) is 4.90 Å². The molecule has 1 saturated carbocycles. The molecule has 1 aromatic rings. The highest BCUT2D eigenvalue weighted by Crippen LogP contribution is 2.25. The number of nitrogens with zero attached hydrogens (tertiary/aromatic N) is 2. The Morgan fingerprint density at radius 2 is 1.92 bits per heavy atom. The minimum absolute atomic E-state index is 0.0229. The van der Waals surface area contributed by atoms with E-state index in [1.54, 1.807) is 4.90 Å². The molecular formula is C18H24F2N2O2. The monoisotopic (exact) mass is 338 g/mol. The van der Waals surface area contributed by atoms with Crippen LogP contribution < -0.4 is 0 Å². The van der Waals surface area contributed by atoms with E-state index < -0.39 is 11.6 Å². The molecule has 2 aliphatic rings. The van der Waals surface area contributed by atoms with Crippen molar-refractivity contribution in [2.24, 2.45) is 0 Å². The van der Waals surface area contributed by atoms with Crippen molar-refractivity contribution in [3.8, 4) is 0 Å². The number of hydrogen-bond donors (Lipinski definition) is 1. The van der Waals surface area contributed by atoms with E-state index in [1.807, 2.05) is 0 Å². The minimum atomic E-state index is -0.872. The van der Waals surface area contributed by atoms with Crippen LogP contribution in [-0.4, -0.2) is 59.1 Å². The van der Waals surface area contributed by atoms with Gasteiger partial charge in [0.25, 0.3) is 0 Å². The molecule has 1 N–H and O–H groups in total. The third kappa shape index (κ3) is 3.75. The summed E-state index contributed by atoms with van der Waals surface area (Å²) in [6.07, 6.45) is 3.10. The summed E-state index contributed by atoms with van der Waals surface area (Å²) in [6.45, 7) is 2.80. The van der Waals surface area contributed by atoms with Crippen LogP contribution >= 0.6 is 0 Å². The van der Waals surface area contributed by atoms with E-state index in [4.69, 9.17) is 0 Å².